The summed E-state index contributed by atoms with van der Waals surface area (Å²) in [5, 5.41) is 12.6. The third kappa shape index (κ3) is 2.03. The maximum atomic E-state index is 12.8. The van der Waals surface area contributed by atoms with Crippen molar-refractivity contribution in [2.75, 3.05) is 5.32 Å². The topological polar surface area (TPSA) is 99.5 Å². The van der Waals surface area contributed by atoms with Crippen molar-refractivity contribution < 1.29 is 9.90 Å². The molecule has 128 valence electrons. The molecule has 0 saturated heterocycles. The zero-order chi connectivity index (χ0) is 17.8. The molecule has 7 nitrogen and oxygen atoms in total. The Balaban J connectivity index is 1.87. The average molecular weight is 346 g/mol. The largest absolute Gasteiger partial charge is 0.508 e. The Morgan fingerprint density at radius 1 is 1.12 bits per heavy atom. The van der Waals surface area contributed by atoms with Crippen LogP contribution in [0.25, 0.3) is 16.8 Å². The fourth-order valence-electron chi connectivity index (χ4n) is 3.68. The van der Waals surface area contributed by atoms with E-state index in [9.17, 15) is 14.7 Å². The number of benzene rings is 2. The number of hydrogen-bond donors (Lipinski definition) is 3. The number of imidazole rings is 1. The van der Waals surface area contributed by atoms with Crippen LogP contribution in [0.5, 0.6) is 5.75 Å². The second kappa shape index (κ2) is 5.19. The van der Waals surface area contributed by atoms with Gasteiger partial charge in [0.25, 0.3) is 5.56 Å². The van der Waals surface area contributed by atoms with Crippen molar-refractivity contribution in [2.24, 2.45) is 0 Å². The van der Waals surface area contributed by atoms with E-state index in [-0.39, 0.29) is 23.6 Å². The Morgan fingerprint density at radius 3 is 2.81 bits per heavy atom. The van der Waals surface area contributed by atoms with Gasteiger partial charge in [0.05, 0.1) is 16.6 Å². The number of carbonyl (C=O) groups is 1. The van der Waals surface area contributed by atoms with Crippen molar-refractivity contribution >= 4 is 28.5 Å². The number of phenolic OH excluding ortho intramolecular Hbond substituents is 1. The fraction of sp³-hybridized carbons (Fsp3) is 0.105. The van der Waals surface area contributed by atoms with Crippen molar-refractivity contribution in [1.82, 2.24) is 14.4 Å². The number of fused-ring (bicyclic) bond motifs is 5. The number of rotatable bonds is 1. The van der Waals surface area contributed by atoms with Crippen LogP contribution in [0.3, 0.4) is 0 Å². The van der Waals surface area contributed by atoms with Gasteiger partial charge in [-0.2, -0.15) is 0 Å². The van der Waals surface area contributed by atoms with E-state index in [2.05, 4.69) is 15.3 Å². The van der Waals surface area contributed by atoms with Crippen LogP contribution in [-0.2, 0) is 4.79 Å². The molecule has 0 bridgehead atoms. The van der Waals surface area contributed by atoms with Gasteiger partial charge >= 0.3 is 0 Å². The standard InChI is InChI=1S/C19H14N4O3/c24-11-5-3-4-10(8-11)12-9-15(25)21-17-16(12)18(26)22-19-20-13-6-1-2-7-14(13)23(17)19/h1-8,12,24H,9H2,(H,21,25)(H,20,22,26)/t12-/m1/s1. The van der Waals surface area contributed by atoms with Crippen molar-refractivity contribution in [3.8, 4) is 5.75 Å². The lowest BCUT2D eigenvalue weighted by Crippen LogP contribution is -2.32. The van der Waals surface area contributed by atoms with Crippen LogP contribution in [0.15, 0.2) is 53.3 Å². The molecule has 0 aliphatic carbocycles. The Bertz CT molecular complexity index is 1250. The van der Waals surface area contributed by atoms with Gasteiger partial charge in [0.1, 0.15) is 11.6 Å². The Morgan fingerprint density at radius 2 is 1.96 bits per heavy atom. The van der Waals surface area contributed by atoms with E-state index in [4.69, 9.17) is 0 Å². The van der Waals surface area contributed by atoms with Crippen LogP contribution in [-0.4, -0.2) is 25.4 Å². The minimum Gasteiger partial charge on any atom is -0.508 e. The summed E-state index contributed by atoms with van der Waals surface area (Å²) < 4.78 is 1.76. The van der Waals surface area contributed by atoms with Crippen LogP contribution in [0.1, 0.15) is 23.5 Å². The number of nitrogens with one attached hydrogen (secondary N) is 2. The van der Waals surface area contributed by atoms with Gasteiger partial charge in [-0.1, -0.05) is 24.3 Å². The maximum absolute atomic E-state index is 12.8. The number of hydrogen-bond acceptors (Lipinski definition) is 4. The van der Waals surface area contributed by atoms with E-state index in [1.165, 1.54) is 0 Å². The Labute approximate surface area is 146 Å². The van der Waals surface area contributed by atoms with Crippen molar-refractivity contribution in [1.29, 1.82) is 0 Å². The van der Waals surface area contributed by atoms with E-state index < -0.39 is 5.92 Å². The van der Waals surface area contributed by atoms with E-state index in [0.717, 1.165) is 16.6 Å². The SMILES string of the molecule is O=C1C[C@H](c2cccc(O)c2)c2c(n3c(nc4ccccc43)[nH]c2=O)N1. The fourth-order valence-corrected chi connectivity index (χ4v) is 3.68. The molecule has 3 heterocycles. The molecule has 7 heteroatoms. The first-order chi connectivity index (χ1) is 12.6. The van der Waals surface area contributed by atoms with Gasteiger partial charge in [-0.25, -0.2) is 4.98 Å². The molecule has 2 aromatic heterocycles. The lowest BCUT2D eigenvalue weighted by Gasteiger charge is -2.25. The number of aromatic hydroxyl groups is 1. The Kier molecular flexibility index (Phi) is 2.94. The number of amides is 1. The molecule has 0 unspecified atom stereocenters. The van der Waals surface area contributed by atoms with Crippen LogP contribution in [0.2, 0.25) is 0 Å². The first kappa shape index (κ1) is 14.7. The van der Waals surface area contributed by atoms with Gasteiger partial charge in [0, 0.05) is 12.3 Å². The van der Waals surface area contributed by atoms with E-state index in [1.54, 1.807) is 22.6 Å². The van der Waals surface area contributed by atoms with Crippen LogP contribution < -0.4 is 10.9 Å². The molecule has 4 aromatic rings. The minimum absolute atomic E-state index is 0.0978. The molecule has 2 aromatic carbocycles. The lowest BCUT2D eigenvalue weighted by atomic mass is 9.86. The molecule has 1 amide bonds. The third-order valence-corrected chi connectivity index (χ3v) is 4.78. The molecule has 1 aliphatic rings. The lowest BCUT2D eigenvalue weighted by molar-refractivity contribution is -0.116. The first-order valence-electron chi connectivity index (χ1n) is 8.24. The summed E-state index contributed by atoms with van der Waals surface area (Å²) in [7, 11) is 0. The second-order valence-electron chi connectivity index (χ2n) is 6.38. The van der Waals surface area contributed by atoms with E-state index in [1.807, 2.05) is 30.3 Å². The summed E-state index contributed by atoms with van der Waals surface area (Å²) in [6.45, 7) is 0. The molecule has 3 N–H and O–H groups in total. The zero-order valence-corrected chi connectivity index (χ0v) is 13.6. The second-order valence-corrected chi connectivity index (χ2v) is 6.38. The number of H-pyrrole nitrogens is 1. The van der Waals surface area contributed by atoms with E-state index >= 15 is 0 Å². The molecule has 1 atom stereocenters. The molecule has 0 saturated carbocycles. The summed E-state index contributed by atoms with van der Waals surface area (Å²) in [5.74, 6) is 0.283. The van der Waals surface area contributed by atoms with Crippen molar-refractivity contribution in [3.05, 3.63) is 70.0 Å². The molecule has 1 aliphatic heterocycles. The number of para-hydroxylation sites is 2. The third-order valence-electron chi connectivity index (χ3n) is 4.78. The molecule has 0 radical (unpaired) electrons. The quantitative estimate of drug-likeness (QED) is 0.493. The summed E-state index contributed by atoms with van der Waals surface area (Å²) in [4.78, 5) is 32.5. The molecular formula is C19H14N4O3. The summed E-state index contributed by atoms with van der Waals surface area (Å²) >= 11 is 0. The van der Waals surface area contributed by atoms with Crippen LogP contribution in [0.4, 0.5) is 5.82 Å². The zero-order valence-electron chi connectivity index (χ0n) is 13.6. The highest BCUT2D eigenvalue weighted by molar-refractivity contribution is 5.96. The van der Waals surface area contributed by atoms with Gasteiger partial charge < -0.3 is 10.4 Å². The number of aromatic nitrogens is 3. The van der Waals surface area contributed by atoms with Gasteiger partial charge in [0.15, 0.2) is 0 Å². The van der Waals surface area contributed by atoms with Gasteiger partial charge in [-0.3, -0.25) is 19.0 Å². The monoisotopic (exact) mass is 346 g/mol. The van der Waals surface area contributed by atoms with Gasteiger partial charge in [0.2, 0.25) is 11.7 Å². The summed E-state index contributed by atoms with van der Waals surface area (Å²) in [6.07, 6.45) is 0.137. The van der Waals surface area contributed by atoms with Crippen LogP contribution >= 0.6 is 0 Å². The van der Waals surface area contributed by atoms with Gasteiger partial charge in [-0.05, 0) is 29.8 Å². The average Bonchev–Trinajstić information content (AvgIpc) is 2.99. The summed E-state index contributed by atoms with van der Waals surface area (Å²) in [5.41, 5.74) is 2.41. The minimum atomic E-state index is -0.444. The summed E-state index contributed by atoms with van der Waals surface area (Å²) in [6, 6.07) is 14.1. The smallest absolute Gasteiger partial charge is 0.258 e. The predicted octanol–water partition coefficient (Wildman–Crippen LogP) is 2.36. The first-order valence-corrected chi connectivity index (χ1v) is 8.24. The number of phenols is 1. The normalized spacial score (nSPS) is 16.6. The highest BCUT2D eigenvalue weighted by Gasteiger charge is 2.32. The number of aromatic amines is 1. The maximum Gasteiger partial charge on any atom is 0.258 e. The Hall–Kier alpha value is -3.61. The van der Waals surface area contributed by atoms with Crippen molar-refractivity contribution in [2.45, 2.75) is 12.3 Å². The predicted molar refractivity (Wildman–Crippen MR) is 96.5 cm³/mol. The van der Waals surface area contributed by atoms with Crippen LogP contribution in [0, 0.1) is 0 Å². The number of anilines is 1. The van der Waals surface area contributed by atoms with Gasteiger partial charge in [-0.15, -0.1) is 0 Å². The molecule has 26 heavy (non-hydrogen) atoms. The highest BCUT2D eigenvalue weighted by Crippen LogP contribution is 2.36. The molecule has 5 rings (SSSR count). The van der Waals surface area contributed by atoms with Crippen molar-refractivity contribution in [3.63, 3.8) is 0 Å². The molecular weight excluding hydrogens is 332 g/mol. The highest BCUT2D eigenvalue weighted by atomic mass is 16.3. The molecule has 0 spiro atoms. The number of carbonyl (C=O) groups excluding carboxylic acids is 1. The van der Waals surface area contributed by atoms with E-state index in [0.29, 0.717) is 17.2 Å². The number of nitrogens with zero attached hydrogens (tertiary/aromatic N) is 2. The molecule has 0 fully saturated rings.